The normalized spacial score (nSPS) is 21.4. The number of ether oxygens (including phenoxy) is 2. The summed E-state index contributed by atoms with van der Waals surface area (Å²) in [5, 5.41) is 12.3. The maximum atomic E-state index is 12.3. The molecule has 0 saturated carbocycles. The third-order valence-electron chi connectivity index (χ3n) is 7.85. The number of benzene rings is 1. The molecule has 1 aliphatic carbocycles. The number of fused-ring (bicyclic) bond motifs is 3. The van der Waals surface area contributed by atoms with Crippen LogP contribution < -0.4 is 4.74 Å². The number of carbonyl (C=O) groups excluding carboxylic acids is 1. The van der Waals surface area contributed by atoms with Crippen LogP contribution in [0.3, 0.4) is 0 Å². The lowest BCUT2D eigenvalue weighted by Gasteiger charge is -2.47. The molecular formula is C30H45BrO4. The van der Waals surface area contributed by atoms with Gasteiger partial charge in [-0.3, -0.25) is 4.79 Å². The van der Waals surface area contributed by atoms with Crippen molar-refractivity contribution >= 4 is 21.9 Å². The van der Waals surface area contributed by atoms with Gasteiger partial charge in [-0.15, -0.1) is 0 Å². The predicted octanol–water partition coefficient (Wildman–Crippen LogP) is 8.20. The molecule has 0 aromatic heterocycles. The van der Waals surface area contributed by atoms with Crippen LogP contribution in [-0.4, -0.2) is 28.6 Å². The number of esters is 1. The van der Waals surface area contributed by atoms with E-state index in [-0.39, 0.29) is 28.8 Å². The first-order valence-electron chi connectivity index (χ1n) is 13.2. The Hall–Kier alpha value is -1.49. The van der Waals surface area contributed by atoms with Crippen molar-refractivity contribution in [2.45, 2.75) is 110 Å². The van der Waals surface area contributed by atoms with E-state index in [1.807, 2.05) is 26.8 Å². The molecule has 1 aliphatic heterocycles. The standard InChI is InChI=1S/C30H45BrO4/c1-28(2,3)27(33)34-19-20-12-13-23-22(16-20)26-24(32)17-21(18-25(26)35-30(23,6)7)29(4,5)14-10-8-9-11-15-31/h12,17-18,22-23,32H,8-11,13-16,19H2,1-7H3/t22-,23-/m1/s1. The molecule has 1 aromatic rings. The highest BCUT2D eigenvalue weighted by atomic mass is 79.9. The van der Waals surface area contributed by atoms with E-state index in [0.717, 1.165) is 47.0 Å². The van der Waals surface area contributed by atoms with Gasteiger partial charge in [-0.1, -0.05) is 55.1 Å². The van der Waals surface area contributed by atoms with Gasteiger partial charge in [-0.25, -0.2) is 0 Å². The van der Waals surface area contributed by atoms with Gasteiger partial charge in [0.15, 0.2) is 0 Å². The van der Waals surface area contributed by atoms with Crippen molar-refractivity contribution in [3.05, 3.63) is 34.9 Å². The van der Waals surface area contributed by atoms with Crippen molar-refractivity contribution in [2.24, 2.45) is 11.3 Å². The topological polar surface area (TPSA) is 55.8 Å². The maximum absolute atomic E-state index is 12.3. The zero-order valence-corrected chi connectivity index (χ0v) is 24.4. The first kappa shape index (κ1) is 28.1. The molecule has 2 aliphatic rings. The molecule has 1 N–H and O–H groups in total. The molecule has 0 bridgehead atoms. The Labute approximate surface area is 221 Å². The van der Waals surface area contributed by atoms with Crippen molar-refractivity contribution in [2.75, 3.05) is 11.9 Å². The lowest BCUT2D eigenvalue weighted by atomic mass is 9.66. The summed E-state index contributed by atoms with van der Waals surface area (Å²) in [4.78, 5) is 12.3. The Balaban J connectivity index is 1.81. The van der Waals surface area contributed by atoms with Gasteiger partial charge in [0, 0.05) is 22.7 Å². The number of carbonyl (C=O) groups is 1. The first-order chi connectivity index (χ1) is 16.3. The monoisotopic (exact) mass is 548 g/mol. The van der Waals surface area contributed by atoms with E-state index in [1.165, 1.54) is 25.7 Å². The van der Waals surface area contributed by atoms with Crippen LogP contribution in [0.4, 0.5) is 0 Å². The van der Waals surface area contributed by atoms with Crippen molar-refractivity contribution in [3.63, 3.8) is 0 Å². The van der Waals surface area contributed by atoms with Gasteiger partial charge < -0.3 is 14.6 Å². The molecule has 5 heteroatoms. The first-order valence-corrected chi connectivity index (χ1v) is 14.4. The molecule has 1 aromatic carbocycles. The van der Waals surface area contributed by atoms with E-state index in [0.29, 0.717) is 12.4 Å². The lowest BCUT2D eigenvalue weighted by Crippen LogP contribution is -2.45. The van der Waals surface area contributed by atoms with Crippen LogP contribution in [-0.2, 0) is 14.9 Å². The van der Waals surface area contributed by atoms with Gasteiger partial charge in [-0.2, -0.15) is 0 Å². The Bertz CT molecular complexity index is 938. The van der Waals surface area contributed by atoms with E-state index < -0.39 is 5.41 Å². The second kappa shape index (κ2) is 10.9. The Morgan fingerprint density at radius 3 is 2.49 bits per heavy atom. The van der Waals surface area contributed by atoms with Crippen LogP contribution in [0.25, 0.3) is 0 Å². The third-order valence-corrected chi connectivity index (χ3v) is 8.41. The van der Waals surface area contributed by atoms with Crippen molar-refractivity contribution in [1.82, 2.24) is 0 Å². The van der Waals surface area contributed by atoms with Crippen molar-refractivity contribution in [3.8, 4) is 11.5 Å². The molecule has 3 rings (SSSR count). The van der Waals surface area contributed by atoms with Gasteiger partial charge in [0.2, 0.25) is 0 Å². The summed E-state index contributed by atoms with van der Waals surface area (Å²) in [6, 6.07) is 4.14. The Morgan fingerprint density at radius 1 is 1.14 bits per heavy atom. The maximum Gasteiger partial charge on any atom is 0.311 e. The number of allylic oxidation sites excluding steroid dienone is 1. The number of halogens is 1. The quantitative estimate of drug-likeness (QED) is 0.146. The average molecular weight is 550 g/mol. The molecule has 0 radical (unpaired) electrons. The van der Waals surface area contributed by atoms with E-state index >= 15 is 0 Å². The Morgan fingerprint density at radius 2 is 1.83 bits per heavy atom. The average Bonchev–Trinajstić information content (AvgIpc) is 2.75. The zero-order valence-electron chi connectivity index (χ0n) is 22.8. The fourth-order valence-electron chi connectivity index (χ4n) is 5.51. The molecule has 1 heterocycles. The summed E-state index contributed by atoms with van der Waals surface area (Å²) in [6.07, 6.45) is 9.78. The molecule has 0 amide bonds. The lowest BCUT2D eigenvalue weighted by molar-refractivity contribution is -0.152. The van der Waals surface area contributed by atoms with Gasteiger partial charge in [-0.05, 0) is 89.0 Å². The number of phenols is 1. The summed E-state index contributed by atoms with van der Waals surface area (Å²) < 4.78 is 12.2. The summed E-state index contributed by atoms with van der Waals surface area (Å²) >= 11 is 3.51. The number of unbranched alkanes of at least 4 members (excludes halogenated alkanes) is 3. The van der Waals surface area contributed by atoms with Crippen LogP contribution in [0.1, 0.15) is 110 Å². The second-order valence-corrected chi connectivity index (χ2v) is 13.5. The van der Waals surface area contributed by atoms with Crippen molar-refractivity contribution in [1.29, 1.82) is 0 Å². The van der Waals surface area contributed by atoms with Gasteiger partial charge >= 0.3 is 5.97 Å². The fraction of sp³-hybridized carbons (Fsp3) is 0.700. The fourth-order valence-corrected chi connectivity index (χ4v) is 5.90. The molecule has 0 saturated heterocycles. The zero-order chi connectivity index (χ0) is 26.0. The smallest absolute Gasteiger partial charge is 0.311 e. The van der Waals surface area contributed by atoms with E-state index in [2.05, 4.69) is 55.8 Å². The number of alkyl halides is 1. The van der Waals surface area contributed by atoms with E-state index in [9.17, 15) is 9.90 Å². The van der Waals surface area contributed by atoms with Gasteiger partial charge in [0.25, 0.3) is 0 Å². The number of rotatable bonds is 9. The summed E-state index contributed by atoms with van der Waals surface area (Å²) in [7, 11) is 0. The summed E-state index contributed by atoms with van der Waals surface area (Å²) in [5.74, 6) is 1.37. The van der Waals surface area contributed by atoms with Gasteiger partial charge in [0.1, 0.15) is 23.7 Å². The number of hydrogen-bond donors (Lipinski definition) is 1. The van der Waals surface area contributed by atoms with E-state index in [4.69, 9.17) is 9.47 Å². The molecule has 4 nitrogen and oxygen atoms in total. The largest absolute Gasteiger partial charge is 0.508 e. The minimum absolute atomic E-state index is 0.0376. The molecule has 0 unspecified atom stereocenters. The van der Waals surface area contributed by atoms with Crippen LogP contribution in [0.5, 0.6) is 11.5 Å². The SMILES string of the molecule is CC(C)(C)C(=O)OCC1=CC[C@@H]2[C@@H](C1)c1c(O)cc(C(C)(C)CCCCCCBr)cc1OC2(C)C. The second-order valence-electron chi connectivity index (χ2n) is 12.7. The van der Waals surface area contributed by atoms with Crippen LogP contribution >= 0.6 is 15.9 Å². The summed E-state index contributed by atoms with van der Waals surface area (Å²) in [6.45, 7) is 14.8. The molecule has 2 atom stereocenters. The Kier molecular flexibility index (Phi) is 8.72. The van der Waals surface area contributed by atoms with Crippen molar-refractivity contribution < 1.29 is 19.4 Å². The predicted molar refractivity (Wildman–Crippen MR) is 147 cm³/mol. The van der Waals surface area contributed by atoms with Crippen LogP contribution in [0, 0.1) is 11.3 Å². The van der Waals surface area contributed by atoms with Gasteiger partial charge in [0.05, 0.1) is 5.41 Å². The minimum Gasteiger partial charge on any atom is -0.508 e. The molecule has 196 valence electrons. The highest BCUT2D eigenvalue weighted by Crippen LogP contribution is 2.55. The number of phenolic OH excluding ortho intramolecular Hbond substituents is 1. The third kappa shape index (κ3) is 6.64. The highest BCUT2D eigenvalue weighted by Gasteiger charge is 2.46. The highest BCUT2D eigenvalue weighted by molar-refractivity contribution is 9.09. The summed E-state index contributed by atoms with van der Waals surface area (Å²) in [5.41, 5.74) is 2.28. The molecule has 0 spiro atoms. The van der Waals surface area contributed by atoms with Crippen LogP contribution in [0.15, 0.2) is 23.8 Å². The van der Waals surface area contributed by atoms with E-state index in [1.54, 1.807) is 0 Å². The van der Waals surface area contributed by atoms with Crippen LogP contribution in [0.2, 0.25) is 0 Å². The minimum atomic E-state index is -0.513. The number of hydrogen-bond acceptors (Lipinski definition) is 4. The molecule has 0 fully saturated rings. The molecular weight excluding hydrogens is 504 g/mol. The number of aromatic hydroxyl groups is 1. The molecule has 35 heavy (non-hydrogen) atoms.